The van der Waals surface area contributed by atoms with Crippen molar-refractivity contribution in [2.75, 3.05) is 13.1 Å². The normalized spacial score (nSPS) is 14.9. The molecule has 0 amide bonds. The van der Waals surface area contributed by atoms with Gasteiger partial charge in [-0.2, -0.15) is 0 Å². The Kier molecular flexibility index (Phi) is 4.89. The van der Waals surface area contributed by atoms with Crippen LogP contribution in [0.1, 0.15) is 18.7 Å². The van der Waals surface area contributed by atoms with E-state index in [1.165, 1.54) is 12.8 Å². The molecular formula is C27H25N5. The van der Waals surface area contributed by atoms with Crippen molar-refractivity contribution >= 4 is 16.4 Å². The number of nitrogens with zero attached hydrogens (tertiary/aromatic N) is 4. The molecule has 158 valence electrons. The molecule has 0 bridgehead atoms. The lowest BCUT2D eigenvalue weighted by atomic mass is 9.94. The van der Waals surface area contributed by atoms with Crippen LogP contribution in [0.5, 0.6) is 0 Å². The highest BCUT2D eigenvalue weighted by Gasteiger charge is 2.19. The van der Waals surface area contributed by atoms with Crippen molar-refractivity contribution in [3.05, 3.63) is 85.1 Å². The Labute approximate surface area is 187 Å². The molecule has 2 aromatic carbocycles. The van der Waals surface area contributed by atoms with Gasteiger partial charge in [-0.25, -0.2) is 9.97 Å². The average molecular weight is 420 g/mol. The molecule has 5 nitrogen and oxygen atoms in total. The predicted octanol–water partition coefficient (Wildman–Crippen LogP) is 5.15. The second-order valence-electron chi connectivity index (χ2n) is 8.58. The van der Waals surface area contributed by atoms with Crippen LogP contribution in [0.3, 0.4) is 0 Å². The number of fused-ring (bicyclic) bond motifs is 2. The minimum absolute atomic E-state index is 0.676. The monoisotopic (exact) mass is 419 g/mol. The first-order valence-corrected chi connectivity index (χ1v) is 11.3. The number of rotatable bonds is 4. The summed E-state index contributed by atoms with van der Waals surface area (Å²) >= 11 is 0. The Hall–Kier alpha value is -3.57. The zero-order valence-electron chi connectivity index (χ0n) is 17.9. The Bertz CT molecular complexity index is 1380. The molecule has 0 saturated carbocycles. The number of imidazole rings is 1. The summed E-state index contributed by atoms with van der Waals surface area (Å²) in [5, 5.41) is 4.59. The molecule has 0 radical (unpaired) electrons. The maximum Gasteiger partial charge on any atom is 0.114 e. The topological polar surface area (TPSA) is 55.1 Å². The average Bonchev–Trinajstić information content (AvgIpc) is 3.23. The summed E-state index contributed by atoms with van der Waals surface area (Å²) in [7, 11) is 0. The van der Waals surface area contributed by atoms with Crippen LogP contribution >= 0.6 is 0 Å². The second-order valence-corrected chi connectivity index (χ2v) is 8.58. The van der Waals surface area contributed by atoms with E-state index in [0.717, 1.165) is 64.3 Å². The van der Waals surface area contributed by atoms with Gasteiger partial charge in [-0.1, -0.05) is 48.5 Å². The molecule has 6 rings (SSSR count). The van der Waals surface area contributed by atoms with Crippen molar-refractivity contribution in [3.63, 3.8) is 0 Å². The first-order valence-electron chi connectivity index (χ1n) is 11.3. The lowest BCUT2D eigenvalue weighted by Crippen LogP contribution is -2.29. The molecule has 1 saturated heterocycles. The van der Waals surface area contributed by atoms with Crippen LogP contribution in [0.15, 0.2) is 79.3 Å². The van der Waals surface area contributed by atoms with E-state index in [1.54, 1.807) is 0 Å². The molecule has 1 aliphatic heterocycles. The molecule has 5 aromatic rings. The fourth-order valence-corrected chi connectivity index (χ4v) is 4.74. The van der Waals surface area contributed by atoms with Crippen LogP contribution in [0, 0.1) is 5.92 Å². The quantitative estimate of drug-likeness (QED) is 0.438. The maximum absolute atomic E-state index is 5.12. The highest BCUT2D eigenvalue weighted by molar-refractivity contribution is 5.88. The van der Waals surface area contributed by atoms with Gasteiger partial charge < -0.3 is 9.72 Å². The van der Waals surface area contributed by atoms with Gasteiger partial charge in [0.15, 0.2) is 0 Å². The number of pyridine rings is 1. The third-order valence-electron chi connectivity index (χ3n) is 6.48. The van der Waals surface area contributed by atoms with Gasteiger partial charge in [0.05, 0.1) is 28.6 Å². The molecule has 1 fully saturated rings. The van der Waals surface area contributed by atoms with Crippen LogP contribution in [-0.2, 0) is 6.42 Å². The van der Waals surface area contributed by atoms with Gasteiger partial charge >= 0.3 is 0 Å². The Morgan fingerprint density at radius 3 is 2.62 bits per heavy atom. The molecule has 0 atom stereocenters. The number of hydrogen-bond acceptors (Lipinski definition) is 4. The van der Waals surface area contributed by atoms with Gasteiger partial charge in [0.25, 0.3) is 0 Å². The van der Waals surface area contributed by atoms with Crippen molar-refractivity contribution in [2.45, 2.75) is 19.3 Å². The van der Waals surface area contributed by atoms with Gasteiger partial charge in [-0.15, -0.1) is 0 Å². The molecule has 32 heavy (non-hydrogen) atoms. The van der Waals surface area contributed by atoms with E-state index < -0.39 is 0 Å². The smallest absolute Gasteiger partial charge is 0.114 e. The lowest BCUT2D eigenvalue weighted by Gasteiger charge is -2.21. The summed E-state index contributed by atoms with van der Waals surface area (Å²) in [6, 6.07) is 21.0. The van der Waals surface area contributed by atoms with Gasteiger partial charge in [-0.05, 0) is 44.0 Å². The third-order valence-corrected chi connectivity index (χ3v) is 6.48. The largest absolute Gasteiger partial charge is 0.317 e. The molecule has 0 unspecified atom stereocenters. The van der Waals surface area contributed by atoms with E-state index >= 15 is 0 Å². The fourth-order valence-electron chi connectivity index (χ4n) is 4.74. The summed E-state index contributed by atoms with van der Waals surface area (Å²) in [4.78, 5) is 14.5. The molecule has 0 spiro atoms. The van der Waals surface area contributed by atoms with E-state index in [1.807, 2.05) is 36.8 Å². The number of piperidine rings is 1. The van der Waals surface area contributed by atoms with E-state index in [-0.39, 0.29) is 0 Å². The SMILES string of the molecule is c1ccc(-c2ccc3ccc(-c4nc(CC5CCNCC5)n5ccncc45)cc3n2)cc1. The molecule has 3 aromatic heterocycles. The van der Waals surface area contributed by atoms with Crippen molar-refractivity contribution in [1.29, 1.82) is 0 Å². The number of aromatic nitrogens is 4. The van der Waals surface area contributed by atoms with E-state index in [4.69, 9.17) is 9.97 Å². The second kappa shape index (κ2) is 8.17. The zero-order chi connectivity index (χ0) is 21.3. The first-order chi connectivity index (χ1) is 15.8. The number of nitrogens with one attached hydrogen (secondary N) is 1. The standard InChI is InChI=1S/C27H25N5/c1-2-4-20(5-3-1)23-9-8-21-6-7-22(17-24(21)30-23)27-25-18-29-14-15-32(25)26(31-27)16-19-10-12-28-13-11-19/h1-9,14-15,17-19,28H,10-13,16H2. The third kappa shape index (κ3) is 3.55. The Morgan fingerprint density at radius 2 is 1.75 bits per heavy atom. The number of hydrogen-bond donors (Lipinski definition) is 1. The van der Waals surface area contributed by atoms with Gasteiger partial charge in [-0.3, -0.25) is 4.98 Å². The van der Waals surface area contributed by atoms with Gasteiger partial charge in [0, 0.05) is 35.3 Å². The fraction of sp³-hybridized carbons (Fsp3) is 0.222. The Morgan fingerprint density at radius 1 is 0.906 bits per heavy atom. The zero-order valence-corrected chi connectivity index (χ0v) is 17.9. The minimum Gasteiger partial charge on any atom is -0.317 e. The summed E-state index contributed by atoms with van der Waals surface area (Å²) in [6.07, 6.45) is 9.21. The lowest BCUT2D eigenvalue weighted by molar-refractivity contribution is 0.367. The van der Waals surface area contributed by atoms with Gasteiger partial charge in [0.2, 0.25) is 0 Å². The van der Waals surface area contributed by atoms with Gasteiger partial charge in [0.1, 0.15) is 5.82 Å². The van der Waals surface area contributed by atoms with Crippen molar-refractivity contribution in [1.82, 2.24) is 24.7 Å². The highest BCUT2D eigenvalue weighted by atomic mass is 15.0. The summed E-state index contributed by atoms with van der Waals surface area (Å²) in [6.45, 7) is 2.20. The predicted molar refractivity (Wildman–Crippen MR) is 128 cm³/mol. The molecule has 4 heterocycles. The molecule has 1 aliphatic rings. The van der Waals surface area contributed by atoms with E-state index in [9.17, 15) is 0 Å². The van der Waals surface area contributed by atoms with Crippen molar-refractivity contribution in [3.8, 4) is 22.5 Å². The first kappa shape index (κ1) is 19.1. The van der Waals surface area contributed by atoms with E-state index in [0.29, 0.717) is 5.92 Å². The van der Waals surface area contributed by atoms with Crippen LogP contribution in [0.2, 0.25) is 0 Å². The van der Waals surface area contributed by atoms with Crippen LogP contribution < -0.4 is 5.32 Å². The number of benzene rings is 2. The van der Waals surface area contributed by atoms with Crippen LogP contribution in [-0.4, -0.2) is 32.4 Å². The Balaban J connectivity index is 1.43. The van der Waals surface area contributed by atoms with Crippen molar-refractivity contribution < 1.29 is 0 Å². The molecule has 1 N–H and O–H groups in total. The van der Waals surface area contributed by atoms with Crippen LogP contribution in [0.4, 0.5) is 0 Å². The molecular weight excluding hydrogens is 394 g/mol. The summed E-state index contributed by atoms with van der Waals surface area (Å²) < 4.78 is 2.21. The van der Waals surface area contributed by atoms with Crippen molar-refractivity contribution in [2.24, 2.45) is 5.92 Å². The molecule has 5 heteroatoms. The van der Waals surface area contributed by atoms with E-state index in [2.05, 4.69) is 57.2 Å². The van der Waals surface area contributed by atoms with Crippen LogP contribution in [0.25, 0.3) is 38.9 Å². The summed E-state index contributed by atoms with van der Waals surface area (Å²) in [5.41, 5.74) is 6.20. The maximum atomic E-state index is 5.12. The summed E-state index contributed by atoms with van der Waals surface area (Å²) in [5.74, 6) is 1.80. The highest BCUT2D eigenvalue weighted by Crippen LogP contribution is 2.30. The minimum atomic E-state index is 0.676. The molecule has 0 aliphatic carbocycles.